The number of rotatable bonds is 5. The van der Waals surface area contributed by atoms with Crippen molar-refractivity contribution in [3.8, 4) is 5.75 Å². The molecule has 3 rings (SSSR count). The lowest BCUT2D eigenvalue weighted by Gasteiger charge is -2.40. The van der Waals surface area contributed by atoms with Crippen LogP contribution in [-0.4, -0.2) is 49.1 Å². The summed E-state index contributed by atoms with van der Waals surface area (Å²) in [5.74, 6) is 0.960. The maximum atomic E-state index is 5.52. The SMILES string of the molecule is CCN1CCC(N(C)Cc2ccc(OC)c3ccccc23)CC1C. The van der Waals surface area contributed by atoms with Crippen molar-refractivity contribution in [2.45, 2.75) is 45.3 Å². The van der Waals surface area contributed by atoms with Gasteiger partial charge in [0.25, 0.3) is 0 Å². The van der Waals surface area contributed by atoms with E-state index in [4.69, 9.17) is 4.74 Å². The minimum atomic E-state index is 0.670. The van der Waals surface area contributed by atoms with Crippen molar-refractivity contribution < 1.29 is 4.74 Å². The fraction of sp³-hybridized carbons (Fsp3) is 0.524. The van der Waals surface area contributed by atoms with Crippen molar-refractivity contribution in [2.75, 3.05) is 27.2 Å². The number of methoxy groups -OCH3 is 1. The molecule has 0 aliphatic carbocycles. The van der Waals surface area contributed by atoms with Crippen LogP contribution in [0.15, 0.2) is 36.4 Å². The van der Waals surface area contributed by atoms with E-state index in [9.17, 15) is 0 Å². The summed E-state index contributed by atoms with van der Waals surface area (Å²) in [6, 6.07) is 14.2. The van der Waals surface area contributed by atoms with Crippen molar-refractivity contribution >= 4 is 10.8 Å². The van der Waals surface area contributed by atoms with Crippen LogP contribution in [0.2, 0.25) is 0 Å². The third kappa shape index (κ3) is 3.42. The molecule has 0 N–H and O–H groups in total. The molecule has 2 atom stereocenters. The number of likely N-dealkylation sites (tertiary alicyclic amines) is 1. The smallest absolute Gasteiger partial charge is 0.126 e. The van der Waals surface area contributed by atoms with Crippen molar-refractivity contribution in [3.05, 3.63) is 42.0 Å². The molecular formula is C21H30N2O. The second kappa shape index (κ2) is 7.54. The van der Waals surface area contributed by atoms with E-state index in [1.807, 2.05) is 0 Å². The molecule has 3 nitrogen and oxygen atoms in total. The molecule has 1 aliphatic heterocycles. The molecular weight excluding hydrogens is 296 g/mol. The number of benzene rings is 2. The molecule has 24 heavy (non-hydrogen) atoms. The largest absolute Gasteiger partial charge is 0.496 e. The van der Waals surface area contributed by atoms with Crippen LogP contribution in [0.1, 0.15) is 32.3 Å². The number of hydrogen-bond acceptors (Lipinski definition) is 3. The number of ether oxygens (including phenoxy) is 1. The quantitative estimate of drug-likeness (QED) is 0.821. The summed E-state index contributed by atoms with van der Waals surface area (Å²) in [6.07, 6.45) is 2.53. The molecule has 2 aromatic carbocycles. The minimum Gasteiger partial charge on any atom is -0.496 e. The lowest BCUT2D eigenvalue weighted by molar-refractivity contribution is 0.0865. The first-order valence-electron chi connectivity index (χ1n) is 9.13. The lowest BCUT2D eigenvalue weighted by atomic mass is 9.96. The first-order chi connectivity index (χ1) is 11.6. The van der Waals surface area contributed by atoms with Crippen LogP contribution in [0.4, 0.5) is 0 Å². The zero-order chi connectivity index (χ0) is 17.1. The number of piperidine rings is 1. The van der Waals surface area contributed by atoms with E-state index in [2.05, 4.69) is 67.1 Å². The van der Waals surface area contributed by atoms with Gasteiger partial charge >= 0.3 is 0 Å². The van der Waals surface area contributed by atoms with E-state index >= 15 is 0 Å². The topological polar surface area (TPSA) is 15.7 Å². The first-order valence-corrected chi connectivity index (χ1v) is 9.13. The first kappa shape index (κ1) is 17.2. The average Bonchev–Trinajstić information content (AvgIpc) is 2.62. The van der Waals surface area contributed by atoms with Gasteiger partial charge in [0.1, 0.15) is 5.75 Å². The molecule has 0 radical (unpaired) electrons. The summed E-state index contributed by atoms with van der Waals surface area (Å²) in [6.45, 7) is 8.01. The van der Waals surface area contributed by atoms with E-state index in [0.717, 1.165) is 12.3 Å². The molecule has 0 saturated carbocycles. The third-order valence-electron chi connectivity index (χ3n) is 5.63. The highest BCUT2D eigenvalue weighted by Gasteiger charge is 2.27. The molecule has 130 valence electrons. The van der Waals surface area contributed by atoms with Crippen molar-refractivity contribution in [2.24, 2.45) is 0 Å². The Morgan fingerprint density at radius 3 is 2.58 bits per heavy atom. The van der Waals surface area contributed by atoms with Crippen LogP contribution in [0.5, 0.6) is 5.75 Å². The van der Waals surface area contributed by atoms with Gasteiger partial charge in [0.2, 0.25) is 0 Å². The molecule has 0 spiro atoms. The summed E-state index contributed by atoms with van der Waals surface area (Å²) in [4.78, 5) is 5.13. The van der Waals surface area contributed by atoms with Gasteiger partial charge in [-0.2, -0.15) is 0 Å². The van der Waals surface area contributed by atoms with Gasteiger partial charge in [0, 0.05) is 24.0 Å². The lowest BCUT2D eigenvalue weighted by Crippen LogP contribution is -2.47. The van der Waals surface area contributed by atoms with E-state index in [-0.39, 0.29) is 0 Å². The van der Waals surface area contributed by atoms with Gasteiger partial charge in [-0.05, 0) is 56.9 Å². The maximum Gasteiger partial charge on any atom is 0.126 e. The fourth-order valence-corrected chi connectivity index (χ4v) is 4.11. The van der Waals surface area contributed by atoms with E-state index < -0.39 is 0 Å². The van der Waals surface area contributed by atoms with Crippen LogP contribution < -0.4 is 4.74 Å². The molecule has 0 bridgehead atoms. The molecule has 1 heterocycles. The van der Waals surface area contributed by atoms with Crippen LogP contribution in [0, 0.1) is 0 Å². The number of fused-ring (bicyclic) bond motifs is 1. The predicted octanol–water partition coefficient (Wildman–Crippen LogP) is 4.15. The van der Waals surface area contributed by atoms with Crippen LogP contribution in [0.3, 0.4) is 0 Å². The van der Waals surface area contributed by atoms with Crippen molar-refractivity contribution in [1.82, 2.24) is 9.80 Å². The Morgan fingerprint density at radius 1 is 1.17 bits per heavy atom. The summed E-state index contributed by atoms with van der Waals surface area (Å²) >= 11 is 0. The minimum absolute atomic E-state index is 0.670. The Kier molecular flexibility index (Phi) is 5.42. The van der Waals surface area contributed by atoms with Crippen LogP contribution in [-0.2, 0) is 6.54 Å². The van der Waals surface area contributed by atoms with Crippen LogP contribution in [0.25, 0.3) is 10.8 Å². The highest BCUT2D eigenvalue weighted by atomic mass is 16.5. The maximum absolute atomic E-state index is 5.52. The average molecular weight is 326 g/mol. The second-order valence-corrected chi connectivity index (χ2v) is 7.04. The second-order valence-electron chi connectivity index (χ2n) is 7.04. The monoisotopic (exact) mass is 326 g/mol. The normalized spacial score (nSPS) is 22.2. The van der Waals surface area contributed by atoms with E-state index in [0.29, 0.717) is 12.1 Å². The van der Waals surface area contributed by atoms with Gasteiger partial charge < -0.3 is 9.64 Å². The predicted molar refractivity (Wildman–Crippen MR) is 102 cm³/mol. The fourth-order valence-electron chi connectivity index (χ4n) is 4.11. The molecule has 0 aromatic heterocycles. The van der Waals surface area contributed by atoms with E-state index in [1.54, 1.807) is 7.11 Å². The van der Waals surface area contributed by atoms with Gasteiger partial charge in [0.05, 0.1) is 7.11 Å². The van der Waals surface area contributed by atoms with Gasteiger partial charge in [-0.1, -0.05) is 37.3 Å². The summed E-state index contributed by atoms with van der Waals surface area (Å²) < 4.78 is 5.52. The highest BCUT2D eigenvalue weighted by Crippen LogP contribution is 2.30. The summed E-state index contributed by atoms with van der Waals surface area (Å²) in [5.41, 5.74) is 1.39. The summed E-state index contributed by atoms with van der Waals surface area (Å²) in [5, 5.41) is 2.52. The molecule has 1 fully saturated rings. The number of nitrogens with zero attached hydrogens (tertiary/aromatic N) is 2. The molecule has 0 amide bonds. The van der Waals surface area contributed by atoms with Crippen molar-refractivity contribution in [3.63, 3.8) is 0 Å². The Hall–Kier alpha value is -1.58. The van der Waals surface area contributed by atoms with Crippen molar-refractivity contribution in [1.29, 1.82) is 0 Å². The van der Waals surface area contributed by atoms with Gasteiger partial charge in [-0.3, -0.25) is 4.90 Å². The van der Waals surface area contributed by atoms with Gasteiger partial charge in [0.15, 0.2) is 0 Å². The summed E-state index contributed by atoms with van der Waals surface area (Å²) in [7, 11) is 4.02. The van der Waals surface area contributed by atoms with E-state index in [1.165, 1.54) is 42.3 Å². The number of hydrogen-bond donors (Lipinski definition) is 0. The third-order valence-corrected chi connectivity index (χ3v) is 5.63. The molecule has 1 saturated heterocycles. The Labute approximate surface area is 146 Å². The zero-order valence-electron chi connectivity index (χ0n) is 15.5. The van der Waals surface area contributed by atoms with Crippen LogP contribution >= 0.6 is 0 Å². The highest BCUT2D eigenvalue weighted by molar-refractivity contribution is 5.91. The molecule has 2 aromatic rings. The van der Waals surface area contributed by atoms with Gasteiger partial charge in [-0.15, -0.1) is 0 Å². The standard InChI is InChI=1S/C21H30N2O/c1-5-23-13-12-18(14-16(23)2)22(3)15-17-10-11-21(24-4)20-9-7-6-8-19(17)20/h6-11,16,18H,5,12-15H2,1-4H3. The van der Waals surface area contributed by atoms with Gasteiger partial charge in [-0.25, -0.2) is 0 Å². The Balaban J connectivity index is 1.78. The molecule has 1 aliphatic rings. The Bertz CT molecular complexity index is 685. The molecule has 3 heteroatoms. The molecule has 2 unspecified atom stereocenters. The zero-order valence-corrected chi connectivity index (χ0v) is 15.5. The Morgan fingerprint density at radius 2 is 1.92 bits per heavy atom.